The summed E-state index contributed by atoms with van der Waals surface area (Å²) < 4.78 is 37.2. The van der Waals surface area contributed by atoms with Crippen LogP contribution in [-0.2, 0) is 10.0 Å². The van der Waals surface area contributed by atoms with E-state index < -0.39 is 16.0 Å². The summed E-state index contributed by atoms with van der Waals surface area (Å²) in [5, 5.41) is 9.33. The van der Waals surface area contributed by atoms with E-state index in [1.54, 1.807) is 6.07 Å². The molecule has 0 unspecified atom stereocenters. The summed E-state index contributed by atoms with van der Waals surface area (Å²) in [7, 11) is -1.32. The van der Waals surface area contributed by atoms with Crippen molar-refractivity contribution in [2.45, 2.75) is 4.90 Å². The number of hydrogen-bond acceptors (Lipinski definition) is 5. The molecule has 0 spiro atoms. The third kappa shape index (κ3) is 3.72. The summed E-state index contributed by atoms with van der Waals surface area (Å²) in [6.07, 6.45) is 0. The number of anilines is 1. The summed E-state index contributed by atoms with van der Waals surface area (Å²) in [6.45, 7) is 0. The predicted molar refractivity (Wildman–Crippen MR) is 88.8 cm³/mol. The molecule has 0 saturated heterocycles. The third-order valence-corrected chi connectivity index (χ3v) is 4.82. The molecule has 0 fully saturated rings. The molecule has 2 N–H and O–H groups in total. The van der Waals surface area contributed by atoms with Gasteiger partial charge in [-0.15, -0.1) is 0 Å². The largest absolute Gasteiger partial charge is 0.497 e. The molecule has 0 bridgehead atoms. The van der Waals surface area contributed by atoms with E-state index in [9.17, 15) is 13.2 Å². The van der Waals surface area contributed by atoms with Crippen LogP contribution in [0.15, 0.2) is 41.3 Å². The SMILES string of the molecule is COc1ccc(Cl)c(NS(=O)(=O)c2ccc(OC)c(C(=O)O)c2)c1. The average molecular weight is 372 g/mol. The molecule has 2 rings (SSSR count). The Morgan fingerprint density at radius 3 is 2.42 bits per heavy atom. The number of carbonyl (C=O) groups is 1. The highest BCUT2D eigenvalue weighted by Gasteiger charge is 2.20. The Labute approximate surface area is 143 Å². The van der Waals surface area contributed by atoms with Gasteiger partial charge in [0.15, 0.2) is 0 Å². The van der Waals surface area contributed by atoms with Crippen LogP contribution in [0.3, 0.4) is 0 Å². The topological polar surface area (TPSA) is 102 Å². The fourth-order valence-electron chi connectivity index (χ4n) is 1.93. The first kappa shape index (κ1) is 17.9. The maximum atomic E-state index is 12.5. The molecular formula is C15H14ClNO6S. The smallest absolute Gasteiger partial charge is 0.339 e. The van der Waals surface area contributed by atoms with Gasteiger partial charge in [0.25, 0.3) is 10.0 Å². The number of aromatic carboxylic acids is 1. The van der Waals surface area contributed by atoms with Crippen molar-refractivity contribution in [1.82, 2.24) is 0 Å². The number of nitrogens with one attached hydrogen (secondary N) is 1. The van der Waals surface area contributed by atoms with E-state index in [2.05, 4.69) is 4.72 Å². The van der Waals surface area contributed by atoms with Gasteiger partial charge in [0, 0.05) is 6.07 Å². The number of carboxylic acid groups (broad SMARTS) is 1. The fourth-order valence-corrected chi connectivity index (χ4v) is 3.25. The number of sulfonamides is 1. The Hall–Kier alpha value is -2.45. The molecule has 0 amide bonds. The van der Waals surface area contributed by atoms with E-state index in [0.29, 0.717) is 5.75 Å². The van der Waals surface area contributed by atoms with Gasteiger partial charge in [-0.25, -0.2) is 13.2 Å². The lowest BCUT2D eigenvalue weighted by atomic mass is 10.2. The highest BCUT2D eigenvalue weighted by atomic mass is 35.5. The molecule has 0 aromatic heterocycles. The summed E-state index contributed by atoms with van der Waals surface area (Å²) in [4.78, 5) is 11.0. The first-order valence-corrected chi connectivity index (χ1v) is 8.42. The molecule has 9 heteroatoms. The minimum absolute atomic E-state index is 0.0564. The molecule has 0 aliphatic rings. The standard InChI is InChI=1S/C15H14ClNO6S/c1-22-9-3-5-12(16)13(7-9)17-24(20,21)10-4-6-14(23-2)11(8-10)15(18)19/h3-8,17H,1-2H3,(H,18,19). The lowest BCUT2D eigenvalue weighted by Gasteiger charge is -2.12. The monoisotopic (exact) mass is 371 g/mol. The second-order valence-corrected chi connectivity index (χ2v) is 6.71. The van der Waals surface area contributed by atoms with Crippen LogP contribution in [0.25, 0.3) is 0 Å². The minimum Gasteiger partial charge on any atom is -0.497 e. The first-order valence-electron chi connectivity index (χ1n) is 6.56. The number of hydrogen-bond donors (Lipinski definition) is 2. The summed E-state index contributed by atoms with van der Waals surface area (Å²) >= 11 is 5.98. The van der Waals surface area contributed by atoms with Crippen LogP contribution in [-0.4, -0.2) is 33.7 Å². The van der Waals surface area contributed by atoms with Gasteiger partial charge in [0.05, 0.1) is 29.8 Å². The van der Waals surface area contributed by atoms with Gasteiger partial charge in [0.1, 0.15) is 17.1 Å². The Kier molecular flexibility index (Phi) is 5.20. The van der Waals surface area contributed by atoms with Crippen LogP contribution in [0.1, 0.15) is 10.4 Å². The van der Waals surface area contributed by atoms with Crippen molar-refractivity contribution < 1.29 is 27.8 Å². The zero-order chi connectivity index (χ0) is 17.9. The predicted octanol–water partition coefficient (Wildman–Crippen LogP) is 2.86. The molecule has 0 saturated carbocycles. The number of benzene rings is 2. The van der Waals surface area contributed by atoms with E-state index in [0.717, 1.165) is 6.07 Å². The van der Waals surface area contributed by atoms with Crippen LogP contribution in [0.2, 0.25) is 5.02 Å². The van der Waals surface area contributed by atoms with Gasteiger partial charge in [-0.1, -0.05) is 11.6 Å². The highest BCUT2D eigenvalue weighted by molar-refractivity contribution is 7.92. The Morgan fingerprint density at radius 2 is 1.83 bits per heavy atom. The van der Waals surface area contributed by atoms with E-state index in [1.165, 1.54) is 38.5 Å². The van der Waals surface area contributed by atoms with E-state index in [1.807, 2.05) is 0 Å². The Bertz CT molecular complexity index is 882. The number of methoxy groups -OCH3 is 2. The van der Waals surface area contributed by atoms with Gasteiger partial charge in [0.2, 0.25) is 0 Å². The molecule has 2 aromatic rings. The number of carboxylic acids is 1. The minimum atomic E-state index is -4.05. The van der Waals surface area contributed by atoms with Crippen LogP contribution >= 0.6 is 11.6 Å². The van der Waals surface area contributed by atoms with Crippen LogP contribution in [0.5, 0.6) is 11.5 Å². The quantitative estimate of drug-likeness (QED) is 0.809. The van der Waals surface area contributed by atoms with Crippen molar-refractivity contribution in [3.8, 4) is 11.5 Å². The maximum absolute atomic E-state index is 12.5. The second kappa shape index (κ2) is 6.98. The van der Waals surface area contributed by atoms with Crippen molar-refractivity contribution in [2.75, 3.05) is 18.9 Å². The summed E-state index contributed by atoms with van der Waals surface area (Å²) in [5.74, 6) is -0.831. The van der Waals surface area contributed by atoms with Gasteiger partial charge >= 0.3 is 5.97 Å². The normalized spacial score (nSPS) is 11.0. The van der Waals surface area contributed by atoms with Crippen molar-refractivity contribution >= 4 is 33.3 Å². The summed E-state index contributed by atoms with van der Waals surface area (Å²) in [5.41, 5.74) is -0.152. The second-order valence-electron chi connectivity index (χ2n) is 4.62. The van der Waals surface area contributed by atoms with Crippen LogP contribution < -0.4 is 14.2 Å². The average Bonchev–Trinajstić information content (AvgIpc) is 2.55. The lowest BCUT2D eigenvalue weighted by Crippen LogP contribution is -2.14. The molecule has 2 aromatic carbocycles. The van der Waals surface area contributed by atoms with Crippen molar-refractivity contribution in [3.63, 3.8) is 0 Å². The Morgan fingerprint density at radius 1 is 1.12 bits per heavy atom. The van der Waals surface area contributed by atoms with Crippen LogP contribution in [0, 0.1) is 0 Å². The first-order chi connectivity index (χ1) is 11.3. The van der Waals surface area contributed by atoms with Crippen LogP contribution in [0.4, 0.5) is 5.69 Å². The summed E-state index contributed by atoms with van der Waals surface area (Å²) in [6, 6.07) is 8.00. The van der Waals surface area contributed by atoms with Crippen molar-refractivity contribution in [2.24, 2.45) is 0 Å². The molecule has 128 valence electrons. The van der Waals surface area contributed by atoms with Gasteiger partial charge in [-0.05, 0) is 30.3 Å². The van der Waals surface area contributed by atoms with Gasteiger partial charge < -0.3 is 14.6 Å². The molecule has 0 radical (unpaired) electrons. The van der Waals surface area contributed by atoms with E-state index in [-0.39, 0.29) is 26.9 Å². The lowest BCUT2D eigenvalue weighted by molar-refractivity contribution is 0.0693. The number of rotatable bonds is 6. The molecular weight excluding hydrogens is 358 g/mol. The zero-order valence-electron chi connectivity index (χ0n) is 12.7. The van der Waals surface area contributed by atoms with E-state index >= 15 is 0 Å². The molecule has 0 heterocycles. The molecule has 0 aliphatic carbocycles. The molecule has 0 aliphatic heterocycles. The van der Waals surface area contributed by atoms with Gasteiger partial charge in [-0.2, -0.15) is 0 Å². The van der Waals surface area contributed by atoms with E-state index in [4.69, 9.17) is 26.2 Å². The van der Waals surface area contributed by atoms with Crippen molar-refractivity contribution in [3.05, 3.63) is 47.0 Å². The highest BCUT2D eigenvalue weighted by Crippen LogP contribution is 2.30. The fraction of sp³-hybridized carbons (Fsp3) is 0.133. The third-order valence-electron chi connectivity index (χ3n) is 3.13. The maximum Gasteiger partial charge on any atom is 0.339 e. The van der Waals surface area contributed by atoms with Crippen molar-refractivity contribution in [1.29, 1.82) is 0 Å². The zero-order valence-corrected chi connectivity index (χ0v) is 14.3. The Balaban J connectivity index is 2.44. The molecule has 24 heavy (non-hydrogen) atoms. The molecule has 7 nitrogen and oxygen atoms in total. The molecule has 0 atom stereocenters. The van der Waals surface area contributed by atoms with Gasteiger partial charge in [-0.3, -0.25) is 4.72 Å². The number of halogens is 1. The number of ether oxygens (including phenoxy) is 2.